The number of hydrogen-bond donors (Lipinski definition) is 1. The van der Waals surface area contributed by atoms with Crippen molar-refractivity contribution < 1.29 is 17.6 Å². The Morgan fingerprint density at radius 3 is 2.29 bits per heavy atom. The first-order chi connectivity index (χ1) is 6.38. The van der Waals surface area contributed by atoms with Crippen LogP contribution in [0.15, 0.2) is 12.1 Å². The monoisotopic (exact) mass is 227 g/mol. The van der Waals surface area contributed by atoms with Crippen molar-refractivity contribution in [2.24, 2.45) is 5.73 Å². The second-order valence-corrected chi connectivity index (χ2v) is 3.06. The van der Waals surface area contributed by atoms with Gasteiger partial charge in [0.05, 0.1) is 17.1 Å². The molecular weight excluding hydrogens is 222 g/mol. The fourth-order valence-electron chi connectivity index (χ4n) is 0.913. The van der Waals surface area contributed by atoms with Crippen molar-refractivity contribution in [1.82, 2.24) is 0 Å². The lowest BCUT2D eigenvalue weighted by molar-refractivity contribution is 0.00206. The van der Waals surface area contributed by atoms with Crippen molar-refractivity contribution in [2.75, 3.05) is 6.54 Å². The Kier molecular flexibility index (Phi) is 3.01. The third-order valence-electron chi connectivity index (χ3n) is 1.66. The van der Waals surface area contributed by atoms with Gasteiger partial charge >= 0.3 is 0 Å². The Morgan fingerprint density at radius 2 is 1.79 bits per heavy atom. The Labute approximate surface area is 82.5 Å². The highest BCUT2D eigenvalue weighted by Gasteiger charge is 2.33. The van der Waals surface area contributed by atoms with E-state index in [9.17, 15) is 17.6 Å². The van der Waals surface area contributed by atoms with Gasteiger partial charge in [0.1, 0.15) is 11.6 Å². The highest BCUT2D eigenvalue weighted by atomic mass is 35.5. The zero-order valence-corrected chi connectivity index (χ0v) is 7.58. The first-order valence-corrected chi connectivity index (χ1v) is 3.99. The molecule has 0 heterocycles. The minimum absolute atomic E-state index is 0.352. The number of benzene rings is 1. The Bertz CT molecular complexity index is 353. The van der Waals surface area contributed by atoms with Crippen LogP contribution in [0.25, 0.3) is 0 Å². The summed E-state index contributed by atoms with van der Waals surface area (Å²) in [6.07, 6.45) is 0. The molecule has 0 radical (unpaired) electrons. The molecule has 2 N–H and O–H groups in total. The van der Waals surface area contributed by atoms with Crippen LogP contribution < -0.4 is 5.73 Å². The summed E-state index contributed by atoms with van der Waals surface area (Å²) in [5.41, 5.74) is 3.64. The van der Waals surface area contributed by atoms with Gasteiger partial charge in [-0.15, -0.1) is 0 Å². The molecule has 78 valence electrons. The van der Waals surface area contributed by atoms with Crippen molar-refractivity contribution in [3.63, 3.8) is 0 Å². The summed E-state index contributed by atoms with van der Waals surface area (Å²) in [5.74, 6) is -5.96. The molecule has 1 rings (SSSR count). The van der Waals surface area contributed by atoms with E-state index in [0.717, 1.165) is 0 Å². The summed E-state index contributed by atoms with van der Waals surface area (Å²) < 4.78 is 51.4. The van der Waals surface area contributed by atoms with E-state index in [1.165, 1.54) is 0 Å². The van der Waals surface area contributed by atoms with Gasteiger partial charge in [0.15, 0.2) is 0 Å². The van der Waals surface area contributed by atoms with Gasteiger partial charge in [-0.2, -0.15) is 8.78 Å². The van der Waals surface area contributed by atoms with Crippen LogP contribution >= 0.6 is 11.6 Å². The lowest BCUT2D eigenvalue weighted by Gasteiger charge is -2.15. The van der Waals surface area contributed by atoms with Crippen molar-refractivity contribution >= 4 is 11.6 Å². The van der Waals surface area contributed by atoms with E-state index in [4.69, 9.17) is 17.3 Å². The molecule has 0 unspecified atom stereocenters. The largest absolute Gasteiger partial charge is 0.325 e. The highest BCUT2D eigenvalue weighted by Crippen LogP contribution is 2.31. The molecule has 0 atom stereocenters. The van der Waals surface area contributed by atoms with Crippen LogP contribution in [0.4, 0.5) is 17.6 Å². The van der Waals surface area contributed by atoms with E-state index in [-0.39, 0.29) is 0 Å². The van der Waals surface area contributed by atoms with Crippen molar-refractivity contribution in [2.45, 2.75) is 5.92 Å². The predicted octanol–water partition coefficient (Wildman–Crippen LogP) is 2.67. The second kappa shape index (κ2) is 3.74. The molecule has 0 fully saturated rings. The van der Waals surface area contributed by atoms with E-state index in [1.807, 2.05) is 0 Å². The molecule has 0 saturated heterocycles. The quantitative estimate of drug-likeness (QED) is 0.610. The van der Waals surface area contributed by atoms with Gasteiger partial charge in [-0.25, -0.2) is 8.78 Å². The van der Waals surface area contributed by atoms with Gasteiger partial charge in [0.2, 0.25) is 0 Å². The first-order valence-electron chi connectivity index (χ1n) is 3.61. The normalized spacial score (nSPS) is 11.9. The smallest absolute Gasteiger partial charge is 0.288 e. The molecule has 0 aromatic heterocycles. The molecule has 0 aliphatic heterocycles. The SMILES string of the molecule is NCC(F)(F)c1cc(F)c(Cl)cc1F. The molecule has 1 aromatic carbocycles. The summed E-state index contributed by atoms with van der Waals surface area (Å²) in [7, 11) is 0. The molecule has 0 spiro atoms. The molecule has 1 aromatic rings. The van der Waals surface area contributed by atoms with E-state index < -0.39 is 34.7 Å². The molecule has 0 saturated carbocycles. The van der Waals surface area contributed by atoms with Gasteiger partial charge in [-0.05, 0) is 12.1 Å². The lowest BCUT2D eigenvalue weighted by atomic mass is 10.1. The maximum absolute atomic E-state index is 12.9. The summed E-state index contributed by atoms with van der Waals surface area (Å²) >= 11 is 5.19. The molecule has 14 heavy (non-hydrogen) atoms. The van der Waals surface area contributed by atoms with Crippen LogP contribution in [0.3, 0.4) is 0 Å². The van der Waals surface area contributed by atoms with E-state index >= 15 is 0 Å². The van der Waals surface area contributed by atoms with Gasteiger partial charge in [-0.3, -0.25) is 0 Å². The van der Waals surface area contributed by atoms with E-state index in [0.29, 0.717) is 12.1 Å². The average molecular weight is 228 g/mol. The minimum atomic E-state index is -3.59. The summed E-state index contributed by atoms with van der Waals surface area (Å²) in [6, 6.07) is 0.848. The Balaban J connectivity index is 3.29. The van der Waals surface area contributed by atoms with Gasteiger partial charge in [0.25, 0.3) is 5.92 Å². The number of halogens is 5. The molecule has 0 aliphatic carbocycles. The Morgan fingerprint density at radius 1 is 1.21 bits per heavy atom. The predicted molar refractivity (Wildman–Crippen MR) is 44.3 cm³/mol. The van der Waals surface area contributed by atoms with E-state index in [2.05, 4.69) is 0 Å². The van der Waals surface area contributed by atoms with Crippen molar-refractivity contribution in [1.29, 1.82) is 0 Å². The third-order valence-corrected chi connectivity index (χ3v) is 1.95. The van der Waals surface area contributed by atoms with E-state index in [1.54, 1.807) is 0 Å². The van der Waals surface area contributed by atoms with Crippen LogP contribution in [0.1, 0.15) is 5.56 Å². The molecule has 0 amide bonds. The summed E-state index contributed by atoms with van der Waals surface area (Å²) in [4.78, 5) is 0. The zero-order chi connectivity index (χ0) is 10.9. The molecule has 0 aliphatic rings. The lowest BCUT2D eigenvalue weighted by Crippen LogP contribution is -2.26. The van der Waals surface area contributed by atoms with Crippen molar-refractivity contribution in [3.8, 4) is 0 Å². The zero-order valence-electron chi connectivity index (χ0n) is 6.83. The van der Waals surface area contributed by atoms with Crippen LogP contribution in [0.2, 0.25) is 5.02 Å². The number of rotatable bonds is 2. The van der Waals surface area contributed by atoms with Gasteiger partial charge in [-0.1, -0.05) is 11.6 Å². The number of alkyl halides is 2. The standard InChI is InChI=1S/C8H6ClF4N/c9-5-2-6(10)4(1-7(5)11)8(12,13)3-14/h1-2H,3,14H2. The summed E-state index contributed by atoms with van der Waals surface area (Å²) in [5, 5.41) is -0.543. The second-order valence-electron chi connectivity index (χ2n) is 2.65. The van der Waals surface area contributed by atoms with Gasteiger partial charge in [0, 0.05) is 0 Å². The third kappa shape index (κ3) is 1.99. The molecule has 0 bridgehead atoms. The maximum Gasteiger partial charge on any atom is 0.288 e. The fraction of sp³-hybridized carbons (Fsp3) is 0.250. The number of hydrogen-bond acceptors (Lipinski definition) is 1. The van der Waals surface area contributed by atoms with Crippen LogP contribution in [-0.2, 0) is 5.92 Å². The minimum Gasteiger partial charge on any atom is -0.325 e. The topological polar surface area (TPSA) is 26.0 Å². The van der Waals surface area contributed by atoms with Gasteiger partial charge < -0.3 is 5.73 Å². The van der Waals surface area contributed by atoms with Crippen molar-refractivity contribution in [3.05, 3.63) is 34.4 Å². The first kappa shape index (κ1) is 11.3. The maximum atomic E-state index is 12.9. The summed E-state index contributed by atoms with van der Waals surface area (Å²) in [6.45, 7) is -1.09. The Hall–Kier alpha value is -0.810. The van der Waals surface area contributed by atoms with Crippen LogP contribution in [0.5, 0.6) is 0 Å². The highest BCUT2D eigenvalue weighted by molar-refractivity contribution is 6.30. The fourth-order valence-corrected chi connectivity index (χ4v) is 1.06. The van der Waals surface area contributed by atoms with Crippen LogP contribution in [-0.4, -0.2) is 6.54 Å². The average Bonchev–Trinajstić information content (AvgIpc) is 2.11. The van der Waals surface area contributed by atoms with Crippen LogP contribution in [0, 0.1) is 11.6 Å². The molecular formula is C8H6ClF4N. The molecule has 6 heteroatoms. The number of nitrogens with two attached hydrogens (primary N) is 1. The molecule has 1 nitrogen and oxygen atoms in total.